The van der Waals surface area contributed by atoms with Crippen LogP contribution in [-0.2, 0) is 16.8 Å². The Morgan fingerprint density at radius 1 is 1.44 bits per heavy atom. The second-order valence-corrected chi connectivity index (χ2v) is 5.29. The van der Waals surface area contributed by atoms with Crippen molar-refractivity contribution in [2.24, 2.45) is 0 Å². The molecule has 2 rings (SSSR count). The molecule has 0 bridgehead atoms. The van der Waals surface area contributed by atoms with Crippen LogP contribution in [0.4, 0.5) is 0 Å². The highest BCUT2D eigenvalue weighted by Crippen LogP contribution is 2.33. The number of aromatic nitrogens is 1. The number of rotatable bonds is 3. The van der Waals surface area contributed by atoms with E-state index in [1.54, 1.807) is 13.8 Å². The van der Waals surface area contributed by atoms with E-state index < -0.39 is 11.4 Å². The van der Waals surface area contributed by atoms with Crippen molar-refractivity contribution in [3.63, 3.8) is 0 Å². The molecule has 0 aliphatic rings. The summed E-state index contributed by atoms with van der Waals surface area (Å²) in [6, 6.07) is 7.57. The molecule has 3 nitrogen and oxygen atoms in total. The number of carboxylic acids is 1. The third-order valence-electron chi connectivity index (χ3n) is 3.36. The van der Waals surface area contributed by atoms with Gasteiger partial charge in [0.2, 0.25) is 0 Å². The van der Waals surface area contributed by atoms with Gasteiger partial charge in [-0.2, -0.15) is 0 Å². The summed E-state index contributed by atoms with van der Waals surface area (Å²) >= 11 is 6.22. The lowest BCUT2D eigenvalue weighted by molar-refractivity contribution is -0.142. The molecule has 96 valence electrons. The Kier molecular flexibility index (Phi) is 3.11. The minimum atomic E-state index is -0.932. The summed E-state index contributed by atoms with van der Waals surface area (Å²) in [5.74, 6) is -0.837. The Morgan fingerprint density at radius 3 is 2.67 bits per heavy atom. The van der Waals surface area contributed by atoms with Crippen LogP contribution in [0.15, 0.2) is 24.3 Å². The first-order valence-corrected chi connectivity index (χ1v) is 6.29. The zero-order valence-corrected chi connectivity index (χ0v) is 11.5. The number of carboxylic acid groups (broad SMARTS) is 1. The van der Waals surface area contributed by atoms with Gasteiger partial charge in [-0.25, -0.2) is 0 Å². The number of hydrogen-bond donors (Lipinski definition) is 1. The largest absolute Gasteiger partial charge is 0.481 e. The summed E-state index contributed by atoms with van der Waals surface area (Å²) in [5, 5.41) is 11.0. The molecule has 0 aliphatic heterocycles. The van der Waals surface area contributed by atoms with E-state index in [4.69, 9.17) is 11.6 Å². The van der Waals surface area contributed by atoms with Crippen LogP contribution in [0.1, 0.15) is 26.5 Å². The van der Waals surface area contributed by atoms with Crippen LogP contribution in [0.2, 0.25) is 5.02 Å². The molecular weight excluding hydrogens is 250 g/mol. The molecule has 0 spiro atoms. The van der Waals surface area contributed by atoms with E-state index >= 15 is 0 Å². The van der Waals surface area contributed by atoms with Gasteiger partial charge in [0, 0.05) is 17.6 Å². The first kappa shape index (κ1) is 13.0. The minimum absolute atomic E-state index is 0.654. The Hall–Kier alpha value is -1.48. The summed E-state index contributed by atoms with van der Waals surface area (Å²) in [5.41, 5.74) is 0.754. The number of carbonyl (C=O) groups is 1. The number of fused-ring (bicyclic) bond motifs is 1. The number of aryl methyl sites for hydroxylation is 1. The molecule has 18 heavy (non-hydrogen) atoms. The second-order valence-electron chi connectivity index (χ2n) is 4.88. The van der Waals surface area contributed by atoms with Crippen molar-refractivity contribution < 1.29 is 9.90 Å². The molecule has 0 atom stereocenters. The number of nitrogens with zero attached hydrogens (tertiary/aromatic N) is 1. The zero-order valence-electron chi connectivity index (χ0n) is 10.7. The predicted molar refractivity (Wildman–Crippen MR) is 73.3 cm³/mol. The molecule has 0 unspecified atom stereocenters. The molecule has 1 aromatic heterocycles. The Morgan fingerprint density at radius 2 is 2.11 bits per heavy atom. The Balaban J connectivity index is 2.81. The predicted octanol–water partition coefficient (Wildman–Crippen LogP) is 3.68. The standard InChI is InChI=1S/C14H16ClNO2/c1-4-16-11(14(2,3)13(17)18)8-9-6-5-7-10(15)12(9)16/h5-8H,4H2,1-3H3,(H,17,18). The van der Waals surface area contributed by atoms with Crippen molar-refractivity contribution in [3.8, 4) is 0 Å². The van der Waals surface area contributed by atoms with E-state index in [0.717, 1.165) is 16.6 Å². The molecular formula is C14H16ClNO2. The van der Waals surface area contributed by atoms with Gasteiger partial charge in [-0.3, -0.25) is 4.79 Å². The SMILES string of the molecule is CCn1c(C(C)(C)C(=O)O)cc2cccc(Cl)c21. The number of aliphatic carboxylic acids is 1. The molecule has 0 saturated heterocycles. The Labute approximate surface area is 111 Å². The van der Waals surface area contributed by atoms with Crippen LogP contribution in [0.25, 0.3) is 10.9 Å². The molecule has 1 aromatic carbocycles. The molecule has 0 aliphatic carbocycles. The fraction of sp³-hybridized carbons (Fsp3) is 0.357. The maximum absolute atomic E-state index is 11.4. The van der Waals surface area contributed by atoms with E-state index in [9.17, 15) is 9.90 Å². The lowest BCUT2D eigenvalue weighted by Gasteiger charge is -2.21. The van der Waals surface area contributed by atoms with Crippen molar-refractivity contribution in [1.82, 2.24) is 4.57 Å². The van der Waals surface area contributed by atoms with Crippen LogP contribution in [0, 0.1) is 0 Å². The van der Waals surface area contributed by atoms with Gasteiger partial charge in [0.05, 0.1) is 10.5 Å². The first-order chi connectivity index (χ1) is 8.39. The van der Waals surface area contributed by atoms with E-state index in [1.165, 1.54) is 0 Å². The van der Waals surface area contributed by atoms with E-state index in [0.29, 0.717) is 11.6 Å². The van der Waals surface area contributed by atoms with Gasteiger partial charge in [0.1, 0.15) is 5.41 Å². The Bertz CT molecular complexity index is 614. The third-order valence-corrected chi connectivity index (χ3v) is 3.67. The van der Waals surface area contributed by atoms with E-state index in [2.05, 4.69) is 0 Å². The van der Waals surface area contributed by atoms with Crippen LogP contribution in [-0.4, -0.2) is 15.6 Å². The molecule has 2 aromatic rings. The average Bonchev–Trinajstić information content (AvgIpc) is 2.69. The molecule has 0 saturated carbocycles. The van der Waals surface area contributed by atoms with Gasteiger partial charge in [-0.1, -0.05) is 23.7 Å². The highest BCUT2D eigenvalue weighted by atomic mass is 35.5. The molecule has 0 fully saturated rings. The normalized spacial score (nSPS) is 12.0. The summed E-state index contributed by atoms with van der Waals surface area (Å²) < 4.78 is 1.98. The van der Waals surface area contributed by atoms with E-state index in [-0.39, 0.29) is 0 Å². The fourth-order valence-electron chi connectivity index (χ4n) is 2.23. The summed E-state index contributed by atoms with van der Waals surface area (Å²) in [6.07, 6.45) is 0. The van der Waals surface area contributed by atoms with Crippen LogP contribution < -0.4 is 0 Å². The molecule has 1 heterocycles. The van der Waals surface area contributed by atoms with Crippen molar-refractivity contribution in [3.05, 3.63) is 35.0 Å². The van der Waals surface area contributed by atoms with E-state index in [1.807, 2.05) is 35.8 Å². The first-order valence-electron chi connectivity index (χ1n) is 5.91. The van der Waals surface area contributed by atoms with Crippen molar-refractivity contribution in [2.45, 2.75) is 32.7 Å². The quantitative estimate of drug-likeness (QED) is 0.920. The molecule has 1 N–H and O–H groups in total. The maximum Gasteiger partial charge on any atom is 0.315 e. The number of hydrogen-bond acceptors (Lipinski definition) is 1. The van der Waals surface area contributed by atoms with Gasteiger partial charge < -0.3 is 9.67 Å². The lowest BCUT2D eigenvalue weighted by atomic mass is 9.89. The smallest absolute Gasteiger partial charge is 0.315 e. The summed E-state index contributed by atoms with van der Waals surface area (Å²) in [6.45, 7) is 6.11. The molecule has 4 heteroatoms. The van der Waals surface area contributed by atoms with Crippen LogP contribution in [0.3, 0.4) is 0 Å². The summed E-state index contributed by atoms with van der Waals surface area (Å²) in [7, 11) is 0. The number of para-hydroxylation sites is 1. The van der Waals surface area contributed by atoms with Crippen molar-refractivity contribution in [2.75, 3.05) is 0 Å². The molecule has 0 amide bonds. The van der Waals surface area contributed by atoms with Gasteiger partial charge >= 0.3 is 5.97 Å². The fourth-order valence-corrected chi connectivity index (χ4v) is 2.52. The summed E-state index contributed by atoms with van der Waals surface area (Å²) in [4.78, 5) is 11.4. The van der Waals surface area contributed by atoms with Crippen molar-refractivity contribution >= 4 is 28.5 Å². The monoisotopic (exact) mass is 265 g/mol. The number of benzene rings is 1. The highest BCUT2D eigenvalue weighted by molar-refractivity contribution is 6.35. The van der Waals surface area contributed by atoms with Crippen molar-refractivity contribution in [1.29, 1.82) is 0 Å². The third kappa shape index (κ3) is 1.79. The lowest BCUT2D eigenvalue weighted by Crippen LogP contribution is -2.31. The van der Waals surface area contributed by atoms with Crippen LogP contribution >= 0.6 is 11.6 Å². The highest BCUT2D eigenvalue weighted by Gasteiger charge is 2.33. The second kappa shape index (κ2) is 4.32. The average molecular weight is 266 g/mol. The molecule has 0 radical (unpaired) electrons. The van der Waals surface area contributed by atoms with Gasteiger partial charge in [-0.05, 0) is 32.9 Å². The topological polar surface area (TPSA) is 42.2 Å². The minimum Gasteiger partial charge on any atom is -0.481 e. The zero-order chi connectivity index (χ0) is 13.5. The van der Waals surface area contributed by atoms with Crippen LogP contribution in [0.5, 0.6) is 0 Å². The van der Waals surface area contributed by atoms with Gasteiger partial charge in [0.25, 0.3) is 0 Å². The van der Waals surface area contributed by atoms with Gasteiger partial charge in [-0.15, -0.1) is 0 Å². The van der Waals surface area contributed by atoms with Gasteiger partial charge in [0.15, 0.2) is 0 Å². The number of halogens is 1. The maximum atomic E-state index is 11.4.